The summed E-state index contributed by atoms with van der Waals surface area (Å²) in [5.41, 5.74) is -0.598. The molecule has 0 aliphatic rings. The van der Waals surface area contributed by atoms with Gasteiger partial charge in [0.2, 0.25) is 0 Å². The minimum atomic E-state index is -0.541. The predicted octanol–water partition coefficient (Wildman–Crippen LogP) is 6.33. The lowest BCUT2D eigenvalue weighted by Gasteiger charge is -2.11. The van der Waals surface area contributed by atoms with Crippen LogP contribution in [-0.2, 0) is 6.54 Å². The molecule has 0 unspecified atom stereocenters. The molecule has 0 aliphatic carbocycles. The topological polar surface area (TPSA) is 79.5 Å². The lowest BCUT2D eigenvalue weighted by molar-refractivity contribution is 0.111. The summed E-state index contributed by atoms with van der Waals surface area (Å²) in [5.74, 6) is -1.06. The van der Waals surface area contributed by atoms with E-state index in [1.165, 1.54) is 88.0 Å². The minimum absolute atomic E-state index is 0.143. The number of pyridine rings is 1. The fraction of sp³-hybridized carbons (Fsp3) is 0.750. The maximum Gasteiger partial charge on any atom is 0.255 e. The standard InChI is InChI=1S/C24H41NO4/c1-2-3-4-5-6-7-8-9-10-11-12-13-14-15-16-17-18-25-21(20-26)24(29)22(27)19-23(25)28/h19-20,27,29H,2-18H2,1H3. The fourth-order valence-corrected chi connectivity index (χ4v) is 3.81. The van der Waals surface area contributed by atoms with Crippen LogP contribution in [0.1, 0.15) is 120 Å². The van der Waals surface area contributed by atoms with Gasteiger partial charge in [0.15, 0.2) is 17.8 Å². The van der Waals surface area contributed by atoms with Gasteiger partial charge < -0.3 is 14.8 Å². The van der Waals surface area contributed by atoms with Gasteiger partial charge in [-0.3, -0.25) is 9.59 Å². The molecule has 0 bridgehead atoms. The molecule has 166 valence electrons. The highest BCUT2D eigenvalue weighted by Crippen LogP contribution is 2.25. The highest BCUT2D eigenvalue weighted by Gasteiger charge is 2.13. The molecule has 0 saturated carbocycles. The molecule has 0 radical (unpaired) electrons. The second kappa shape index (κ2) is 16.1. The molecule has 0 saturated heterocycles. The largest absolute Gasteiger partial charge is 0.504 e. The van der Waals surface area contributed by atoms with E-state index in [2.05, 4.69) is 6.92 Å². The van der Waals surface area contributed by atoms with Crippen molar-refractivity contribution in [2.24, 2.45) is 0 Å². The Labute approximate surface area is 176 Å². The summed E-state index contributed by atoms with van der Waals surface area (Å²) in [7, 11) is 0. The molecule has 0 aliphatic heterocycles. The van der Waals surface area contributed by atoms with Crippen molar-refractivity contribution in [2.75, 3.05) is 0 Å². The first-order chi connectivity index (χ1) is 14.1. The average Bonchev–Trinajstić information content (AvgIpc) is 2.71. The molecule has 1 aromatic rings. The monoisotopic (exact) mass is 407 g/mol. The third-order valence-corrected chi connectivity index (χ3v) is 5.65. The van der Waals surface area contributed by atoms with Crippen molar-refractivity contribution in [3.8, 4) is 11.5 Å². The second-order valence-corrected chi connectivity index (χ2v) is 8.17. The number of hydrogen-bond acceptors (Lipinski definition) is 4. The number of rotatable bonds is 18. The first-order valence-electron chi connectivity index (χ1n) is 11.7. The van der Waals surface area contributed by atoms with Gasteiger partial charge in [0.05, 0.1) is 0 Å². The first kappa shape index (κ1) is 25.3. The van der Waals surface area contributed by atoms with Crippen LogP contribution in [0.5, 0.6) is 11.5 Å². The van der Waals surface area contributed by atoms with Crippen LogP contribution in [0.25, 0.3) is 0 Å². The molecule has 5 nitrogen and oxygen atoms in total. The van der Waals surface area contributed by atoms with Gasteiger partial charge in [-0.25, -0.2) is 0 Å². The SMILES string of the molecule is CCCCCCCCCCCCCCCCCCn1c(C=O)c(O)c(O)cc1=O. The molecular formula is C24H41NO4. The summed E-state index contributed by atoms with van der Waals surface area (Å²) in [6.07, 6.45) is 20.9. The molecule has 0 atom stereocenters. The molecule has 1 heterocycles. The molecule has 0 spiro atoms. The Morgan fingerprint density at radius 1 is 0.759 bits per heavy atom. The fourth-order valence-electron chi connectivity index (χ4n) is 3.81. The summed E-state index contributed by atoms with van der Waals surface area (Å²) in [6.45, 7) is 2.65. The third-order valence-electron chi connectivity index (χ3n) is 5.65. The molecule has 5 heteroatoms. The van der Waals surface area contributed by atoms with Crippen LogP contribution < -0.4 is 5.56 Å². The van der Waals surface area contributed by atoms with E-state index in [0.717, 1.165) is 25.3 Å². The van der Waals surface area contributed by atoms with Crippen LogP contribution in [0.2, 0.25) is 0 Å². The van der Waals surface area contributed by atoms with Crippen molar-refractivity contribution >= 4 is 6.29 Å². The lowest BCUT2D eigenvalue weighted by Crippen LogP contribution is -2.22. The number of nitrogens with zero attached hydrogens (tertiary/aromatic N) is 1. The van der Waals surface area contributed by atoms with Crippen molar-refractivity contribution in [1.29, 1.82) is 0 Å². The normalized spacial score (nSPS) is 11.1. The summed E-state index contributed by atoms with van der Waals surface area (Å²) < 4.78 is 1.24. The van der Waals surface area contributed by atoms with Gasteiger partial charge in [0.25, 0.3) is 5.56 Å². The molecule has 1 rings (SSSR count). The van der Waals surface area contributed by atoms with E-state index in [-0.39, 0.29) is 5.69 Å². The highest BCUT2D eigenvalue weighted by molar-refractivity contribution is 5.78. The van der Waals surface area contributed by atoms with Gasteiger partial charge in [-0.1, -0.05) is 103 Å². The average molecular weight is 408 g/mol. The van der Waals surface area contributed by atoms with E-state index in [1.807, 2.05) is 0 Å². The summed E-state index contributed by atoms with van der Waals surface area (Å²) >= 11 is 0. The van der Waals surface area contributed by atoms with Gasteiger partial charge in [-0.15, -0.1) is 0 Å². The number of unbranched alkanes of at least 4 members (excludes halogenated alkanes) is 15. The Balaban J connectivity index is 1.99. The second-order valence-electron chi connectivity index (χ2n) is 8.17. The molecule has 0 aromatic carbocycles. The summed E-state index contributed by atoms with van der Waals surface area (Å²) in [5, 5.41) is 19.1. The van der Waals surface area contributed by atoms with Crippen molar-refractivity contribution in [2.45, 2.75) is 116 Å². The van der Waals surface area contributed by atoms with Gasteiger partial charge in [-0.05, 0) is 6.42 Å². The number of aromatic nitrogens is 1. The Kier molecular flexibility index (Phi) is 14.0. The third kappa shape index (κ3) is 10.5. The van der Waals surface area contributed by atoms with E-state index in [0.29, 0.717) is 12.8 Å². The number of carbonyl (C=O) groups is 1. The summed E-state index contributed by atoms with van der Waals surface area (Å²) in [6, 6.07) is 0.953. The zero-order valence-electron chi connectivity index (χ0n) is 18.3. The lowest BCUT2D eigenvalue weighted by atomic mass is 10.0. The molecule has 1 aromatic heterocycles. The summed E-state index contributed by atoms with van der Waals surface area (Å²) in [4.78, 5) is 23.0. The van der Waals surface area contributed by atoms with Crippen LogP contribution in [0.3, 0.4) is 0 Å². The Bertz CT molecular complexity index is 624. The van der Waals surface area contributed by atoms with E-state index in [9.17, 15) is 19.8 Å². The van der Waals surface area contributed by atoms with E-state index < -0.39 is 17.1 Å². The number of carbonyl (C=O) groups excluding carboxylic acids is 1. The number of aromatic hydroxyl groups is 2. The van der Waals surface area contributed by atoms with Gasteiger partial charge >= 0.3 is 0 Å². The molecule has 29 heavy (non-hydrogen) atoms. The van der Waals surface area contributed by atoms with Crippen LogP contribution >= 0.6 is 0 Å². The van der Waals surface area contributed by atoms with Crippen LogP contribution in [0.4, 0.5) is 0 Å². The quantitative estimate of drug-likeness (QED) is 0.220. The Morgan fingerprint density at radius 3 is 1.59 bits per heavy atom. The molecular weight excluding hydrogens is 366 g/mol. The smallest absolute Gasteiger partial charge is 0.255 e. The van der Waals surface area contributed by atoms with Crippen molar-refractivity contribution in [3.05, 3.63) is 22.1 Å². The molecule has 0 amide bonds. The van der Waals surface area contributed by atoms with E-state index in [4.69, 9.17) is 0 Å². The van der Waals surface area contributed by atoms with Gasteiger partial charge in [0, 0.05) is 12.6 Å². The van der Waals surface area contributed by atoms with Crippen molar-refractivity contribution < 1.29 is 15.0 Å². The van der Waals surface area contributed by atoms with E-state index in [1.54, 1.807) is 0 Å². The maximum atomic E-state index is 11.9. The zero-order valence-corrected chi connectivity index (χ0v) is 18.3. The van der Waals surface area contributed by atoms with E-state index >= 15 is 0 Å². The highest BCUT2D eigenvalue weighted by atomic mass is 16.3. The van der Waals surface area contributed by atoms with Crippen LogP contribution in [0.15, 0.2) is 10.9 Å². The van der Waals surface area contributed by atoms with Crippen LogP contribution in [-0.4, -0.2) is 21.1 Å². The molecule has 2 N–H and O–H groups in total. The number of hydrogen-bond donors (Lipinski definition) is 2. The Morgan fingerprint density at radius 2 is 1.17 bits per heavy atom. The Hall–Kier alpha value is -1.78. The molecule has 0 fully saturated rings. The maximum absolute atomic E-state index is 11.9. The number of aldehydes is 1. The van der Waals surface area contributed by atoms with Gasteiger partial charge in [0.1, 0.15) is 5.69 Å². The first-order valence-corrected chi connectivity index (χ1v) is 11.7. The zero-order chi connectivity index (χ0) is 21.3. The van der Waals surface area contributed by atoms with Crippen LogP contribution in [0, 0.1) is 0 Å². The van der Waals surface area contributed by atoms with Crippen molar-refractivity contribution in [1.82, 2.24) is 4.57 Å². The van der Waals surface area contributed by atoms with Crippen molar-refractivity contribution in [3.63, 3.8) is 0 Å². The minimum Gasteiger partial charge on any atom is -0.504 e. The van der Waals surface area contributed by atoms with Gasteiger partial charge in [-0.2, -0.15) is 0 Å². The predicted molar refractivity (Wildman–Crippen MR) is 119 cm³/mol.